The quantitative estimate of drug-likeness (QED) is 0.416. The van der Waals surface area contributed by atoms with Gasteiger partial charge in [0.25, 0.3) is 0 Å². The standard InChI is InChI=1S/C22H23F3N8O/c1-12-27-15-3-2-14(28-18(15)32(12)11-22(23,24)25)13-4-9-33-16(13)17(26)29-19(31-33)30-20-5-7-21(34,10-20)8-6-20/h2-4,9,34H,5-8,10-11H2,1H3,(H3,26,29,30,31). The lowest BCUT2D eigenvalue weighted by Gasteiger charge is -2.27. The van der Waals surface area contributed by atoms with Gasteiger partial charge in [0.15, 0.2) is 11.5 Å². The Labute approximate surface area is 191 Å². The van der Waals surface area contributed by atoms with Crippen LogP contribution in [0.5, 0.6) is 0 Å². The van der Waals surface area contributed by atoms with E-state index < -0.39 is 18.3 Å². The zero-order valence-electron chi connectivity index (χ0n) is 18.4. The molecule has 0 aliphatic heterocycles. The molecular formula is C22H23F3N8O. The lowest BCUT2D eigenvalue weighted by Crippen LogP contribution is -2.34. The van der Waals surface area contributed by atoms with Crippen LogP contribution in [0.25, 0.3) is 27.9 Å². The number of halogens is 3. The summed E-state index contributed by atoms with van der Waals surface area (Å²) in [5.74, 6) is 0.838. The van der Waals surface area contributed by atoms with Crippen molar-refractivity contribution in [1.29, 1.82) is 0 Å². The van der Waals surface area contributed by atoms with E-state index in [-0.39, 0.29) is 22.8 Å². The third-order valence-electron chi connectivity index (χ3n) is 7.12. The van der Waals surface area contributed by atoms with Crippen molar-refractivity contribution in [2.45, 2.75) is 62.9 Å². The van der Waals surface area contributed by atoms with E-state index >= 15 is 0 Å². The number of aryl methyl sites for hydroxylation is 1. The number of imidazole rings is 1. The van der Waals surface area contributed by atoms with Crippen LogP contribution in [-0.2, 0) is 6.54 Å². The molecule has 4 aromatic rings. The number of nitrogen functional groups attached to an aromatic ring is 1. The van der Waals surface area contributed by atoms with Crippen molar-refractivity contribution >= 4 is 28.4 Å². The van der Waals surface area contributed by atoms with Gasteiger partial charge in [-0.1, -0.05) is 0 Å². The average molecular weight is 472 g/mol. The van der Waals surface area contributed by atoms with Gasteiger partial charge in [0, 0.05) is 17.3 Å². The van der Waals surface area contributed by atoms with Gasteiger partial charge in [0.1, 0.15) is 23.4 Å². The van der Waals surface area contributed by atoms with E-state index in [0.717, 1.165) is 30.3 Å². The predicted octanol–water partition coefficient (Wildman–Crippen LogP) is 3.45. The van der Waals surface area contributed by atoms with Crippen LogP contribution in [0, 0.1) is 6.92 Å². The van der Waals surface area contributed by atoms with E-state index in [1.165, 1.54) is 6.92 Å². The molecule has 4 heterocycles. The fourth-order valence-electron chi connectivity index (χ4n) is 5.53. The SMILES string of the molecule is Cc1nc2ccc(-c3ccn4nc(NC56CCC(O)(CC5)C6)nc(N)c34)nc2n1CC(F)(F)F. The minimum Gasteiger partial charge on any atom is -0.390 e. The van der Waals surface area contributed by atoms with Crippen LogP contribution in [0.15, 0.2) is 24.4 Å². The monoisotopic (exact) mass is 472 g/mol. The fourth-order valence-corrected chi connectivity index (χ4v) is 5.53. The predicted molar refractivity (Wildman–Crippen MR) is 119 cm³/mol. The molecule has 0 spiro atoms. The van der Waals surface area contributed by atoms with Crippen LogP contribution in [0.2, 0.25) is 0 Å². The molecular weight excluding hydrogens is 449 g/mol. The second-order valence-corrected chi connectivity index (χ2v) is 9.55. The van der Waals surface area contributed by atoms with Crippen molar-refractivity contribution in [1.82, 2.24) is 29.1 Å². The first-order valence-electron chi connectivity index (χ1n) is 11.1. The van der Waals surface area contributed by atoms with Gasteiger partial charge in [-0.15, -0.1) is 5.10 Å². The number of pyridine rings is 1. The molecule has 0 radical (unpaired) electrons. The Hall–Kier alpha value is -3.41. The third-order valence-corrected chi connectivity index (χ3v) is 7.12. The average Bonchev–Trinajstić information content (AvgIpc) is 3.48. The van der Waals surface area contributed by atoms with Crippen LogP contribution in [0.1, 0.15) is 37.9 Å². The summed E-state index contributed by atoms with van der Waals surface area (Å²) in [4.78, 5) is 13.1. The number of aliphatic hydroxyl groups is 1. The number of rotatable bonds is 4. The van der Waals surface area contributed by atoms with Gasteiger partial charge < -0.3 is 20.7 Å². The summed E-state index contributed by atoms with van der Waals surface area (Å²) in [7, 11) is 0. The highest BCUT2D eigenvalue weighted by molar-refractivity contribution is 5.88. The van der Waals surface area contributed by atoms with Gasteiger partial charge in [-0.3, -0.25) is 0 Å². The molecule has 34 heavy (non-hydrogen) atoms. The summed E-state index contributed by atoms with van der Waals surface area (Å²) in [5, 5.41) is 18.5. The van der Waals surface area contributed by atoms with E-state index in [4.69, 9.17) is 5.73 Å². The molecule has 0 aromatic carbocycles. The maximum absolute atomic E-state index is 13.1. The normalized spacial score (nSPS) is 24.5. The molecule has 6 rings (SSSR count). The molecule has 2 saturated carbocycles. The molecule has 2 fully saturated rings. The Morgan fingerprint density at radius 3 is 2.56 bits per heavy atom. The molecule has 2 aliphatic rings. The smallest absolute Gasteiger partial charge is 0.390 e. The second kappa shape index (κ2) is 6.81. The van der Waals surface area contributed by atoms with Gasteiger partial charge >= 0.3 is 6.18 Å². The number of nitrogens with two attached hydrogens (primary N) is 1. The zero-order chi connectivity index (χ0) is 23.9. The van der Waals surface area contributed by atoms with Crippen molar-refractivity contribution in [3.63, 3.8) is 0 Å². The zero-order valence-corrected chi connectivity index (χ0v) is 18.4. The molecule has 178 valence electrons. The number of nitrogens with one attached hydrogen (secondary N) is 1. The highest BCUT2D eigenvalue weighted by Gasteiger charge is 2.53. The molecule has 0 saturated heterocycles. The Morgan fingerprint density at radius 2 is 1.88 bits per heavy atom. The molecule has 0 unspecified atom stereocenters. The van der Waals surface area contributed by atoms with E-state index in [2.05, 4.69) is 25.4 Å². The summed E-state index contributed by atoms with van der Waals surface area (Å²) >= 11 is 0. The first-order chi connectivity index (χ1) is 16.0. The number of hydrogen-bond acceptors (Lipinski definition) is 7. The van der Waals surface area contributed by atoms with Crippen LogP contribution in [-0.4, -0.2) is 51.6 Å². The van der Waals surface area contributed by atoms with Crippen LogP contribution < -0.4 is 11.1 Å². The number of hydrogen-bond donors (Lipinski definition) is 3. The highest BCUT2D eigenvalue weighted by atomic mass is 19.4. The largest absolute Gasteiger partial charge is 0.406 e. The van der Waals surface area contributed by atoms with Gasteiger partial charge in [-0.2, -0.15) is 18.2 Å². The van der Waals surface area contributed by atoms with E-state index in [9.17, 15) is 18.3 Å². The molecule has 0 amide bonds. The molecule has 12 heteroatoms. The van der Waals surface area contributed by atoms with E-state index in [1.807, 2.05) is 0 Å². The number of fused-ring (bicyclic) bond motifs is 4. The van der Waals surface area contributed by atoms with Crippen molar-refractivity contribution in [3.8, 4) is 11.3 Å². The lowest BCUT2D eigenvalue weighted by molar-refractivity contribution is -0.140. The Morgan fingerprint density at radius 1 is 1.12 bits per heavy atom. The van der Waals surface area contributed by atoms with E-state index in [1.54, 1.807) is 28.9 Å². The maximum Gasteiger partial charge on any atom is 0.406 e. The van der Waals surface area contributed by atoms with Crippen molar-refractivity contribution in [2.24, 2.45) is 0 Å². The number of anilines is 2. The summed E-state index contributed by atoms with van der Waals surface area (Å²) in [6.07, 6.45) is 1.18. The second-order valence-electron chi connectivity index (χ2n) is 9.55. The minimum absolute atomic E-state index is 0.151. The summed E-state index contributed by atoms with van der Waals surface area (Å²) in [6.45, 7) is 0.357. The fraction of sp³-hybridized carbons (Fsp3) is 0.455. The molecule has 4 N–H and O–H groups in total. The molecule has 2 aliphatic carbocycles. The van der Waals surface area contributed by atoms with Crippen LogP contribution in [0.4, 0.5) is 24.9 Å². The highest BCUT2D eigenvalue weighted by Crippen LogP contribution is 2.51. The maximum atomic E-state index is 13.1. The molecule has 4 aromatic heterocycles. The van der Waals surface area contributed by atoms with Gasteiger partial charge in [-0.05, 0) is 57.2 Å². The topological polar surface area (TPSA) is 119 Å². The first-order valence-corrected chi connectivity index (χ1v) is 11.1. The summed E-state index contributed by atoms with van der Waals surface area (Å²) < 4.78 is 41.9. The third kappa shape index (κ3) is 3.35. The number of alkyl halides is 3. The van der Waals surface area contributed by atoms with Crippen LogP contribution in [0.3, 0.4) is 0 Å². The van der Waals surface area contributed by atoms with Gasteiger partial charge in [0.2, 0.25) is 5.95 Å². The van der Waals surface area contributed by atoms with Crippen LogP contribution >= 0.6 is 0 Å². The minimum atomic E-state index is -4.39. The Balaban J connectivity index is 1.38. The van der Waals surface area contributed by atoms with E-state index in [0.29, 0.717) is 34.7 Å². The first kappa shape index (κ1) is 21.1. The summed E-state index contributed by atoms with van der Waals surface area (Å²) in [6, 6.07) is 5.11. The van der Waals surface area contributed by atoms with Crippen molar-refractivity contribution < 1.29 is 18.3 Å². The van der Waals surface area contributed by atoms with Gasteiger partial charge in [-0.25, -0.2) is 14.5 Å². The van der Waals surface area contributed by atoms with Crippen molar-refractivity contribution in [2.75, 3.05) is 11.1 Å². The molecule has 9 nitrogen and oxygen atoms in total. The Kier molecular flexibility index (Phi) is 4.24. The molecule has 0 atom stereocenters. The van der Waals surface area contributed by atoms with Gasteiger partial charge in [0.05, 0.1) is 11.3 Å². The summed E-state index contributed by atoms with van der Waals surface area (Å²) in [5.41, 5.74) is 7.58. The molecule has 2 bridgehead atoms. The van der Waals surface area contributed by atoms with Crippen molar-refractivity contribution in [3.05, 3.63) is 30.2 Å². The Bertz CT molecular complexity index is 1430. The number of nitrogens with zero attached hydrogens (tertiary/aromatic N) is 6. The number of aromatic nitrogens is 6. The lowest BCUT2D eigenvalue weighted by atomic mass is 9.93.